The van der Waals surface area contributed by atoms with Crippen molar-refractivity contribution in [2.75, 3.05) is 11.5 Å². The lowest BCUT2D eigenvalue weighted by Crippen LogP contribution is -2.22. The van der Waals surface area contributed by atoms with Crippen molar-refractivity contribution in [3.05, 3.63) is 109 Å². The first kappa shape index (κ1) is 31.1. The number of hydrogen-bond acceptors (Lipinski definition) is 14. The van der Waals surface area contributed by atoms with Crippen molar-refractivity contribution in [3.8, 4) is 16.9 Å². The topological polar surface area (TPSA) is 244 Å². The van der Waals surface area contributed by atoms with Gasteiger partial charge in [0, 0.05) is 11.6 Å². The van der Waals surface area contributed by atoms with E-state index >= 15 is 0 Å². The first-order chi connectivity index (χ1) is 22.0. The Labute approximate surface area is 261 Å². The Hall–Kier alpha value is -6.32. The van der Waals surface area contributed by atoms with E-state index in [9.17, 15) is 28.0 Å². The van der Waals surface area contributed by atoms with Crippen LogP contribution in [0.15, 0.2) is 139 Å². The van der Waals surface area contributed by atoms with Crippen molar-refractivity contribution >= 4 is 61.6 Å². The van der Waals surface area contributed by atoms with E-state index < -0.39 is 21.8 Å². The number of rotatable bonds is 9. The van der Waals surface area contributed by atoms with Crippen molar-refractivity contribution in [3.63, 3.8) is 0 Å². The van der Waals surface area contributed by atoms with Crippen molar-refractivity contribution in [1.29, 1.82) is 0 Å². The molecule has 0 aliphatic carbocycles. The second-order valence-corrected chi connectivity index (χ2v) is 11.0. The summed E-state index contributed by atoms with van der Waals surface area (Å²) in [5.74, 6) is -1.94. The van der Waals surface area contributed by atoms with E-state index in [1.165, 1.54) is 42.5 Å². The smallest absolute Gasteiger partial charge is 0.126 e. The van der Waals surface area contributed by atoms with E-state index in [1.54, 1.807) is 24.3 Å². The third-order valence-electron chi connectivity index (χ3n) is 6.40. The van der Waals surface area contributed by atoms with Crippen LogP contribution in [0.5, 0.6) is 5.75 Å². The van der Waals surface area contributed by atoms with Crippen LogP contribution in [0, 0.1) is 0 Å². The molecule has 5 N–H and O–H groups in total. The highest BCUT2D eigenvalue weighted by Crippen LogP contribution is 2.36. The van der Waals surface area contributed by atoms with Gasteiger partial charge in [0.05, 0.1) is 45.0 Å². The summed E-state index contributed by atoms with van der Waals surface area (Å²) in [6, 6.07) is 26.2. The molecule has 0 aliphatic rings. The summed E-state index contributed by atoms with van der Waals surface area (Å²) in [6.45, 7) is 0. The van der Waals surface area contributed by atoms with Crippen LogP contribution in [-0.2, 0) is 10.1 Å². The van der Waals surface area contributed by atoms with Gasteiger partial charge >= 0.3 is 0 Å². The third-order valence-corrected chi connectivity index (χ3v) is 7.25. The number of carbonyl (C=O) groups is 1. The molecule has 0 fully saturated rings. The Morgan fingerprint density at radius 2 is 1.00 bits per heavy atom. The molecule has 230 valence electrons. The molecule has 0 unspecified atom stereocenters. The molecule has 0 heterocycles. The molecular formula is C31H22N8O6S-2. The molecule has 0 aliphatic heterocycles. The van der Waals surface area contributed by atoms with Gasteiger partial charge in [-0.2, -0.15) is 20.5 Å². The molecule has 0 spiro atoms. The number of carboxylic acid groups (broad SMARTS) is 1. The maximum Gasteiger partial charge on any atom is 0.126 e. The number of carboxylic acids is 1. The molecule has 5 rings (SSSR count). The summed E-state index contributed by atoms with van der Waals surface area (Å²) in [6.07, 6.45) is 0. The molecule has 5 aromatic carbocycles. The average Bonchev–Trinajstić information content (AvgIpc) is 3.03. The van der Waals surface area contributed by atoms with Crippen molar-refractivity contribution < 1.29 is 28.0 Å². The summed E-state index contributed by atoms with van der Waals surface area (Å²) in [5, 5.41) is 45.4. The fraction of sp³-hybridized carbons (Fsp3) is 0. The first-order valence-electron chi connectivity index (χ1n) is 13.2. The number of nitrogens with zero attached hydrogens (tertiary/aromatic N) is 6. The average molecular weight is 635 g/mol. The van der Waals surface area contributed by atoms with E-state index in [-0.39, 0.29) is 33.2 Å². The van der Waals surface area contributed by atoms with Gasteiger partial charge in [0.25, 0.3) is 0 Å². The van der Waals surface area contributed by atoms with Gasteiger partial charge in [-0.3, -0.25) is 0 Å². The van der Waals surface area contributed by atoms with Gasteiger partial charge in [-0.25, -0.2) is 8.42 Å². The summed E-state index contributed by atoms with van der Waals surface area (Å²) in [7, 11) is -4.57. The Balaban J connectivity index is 1.25. The summed E-state index contributed by atoms with van der Waals surface area (Å²) in [4.78, 5) is 10.5. The van der Waals surface area contributed by atoms with E-state index in [0.717, 1.165) is 23.3 Å². The molecular weight excluding hydrogens is 612 g/mol. The lowest BCUT2D eigenvalue weighted by atomic mass is 10.1. The molecule has 15 heteroatoms. The summed E-state index contributed by atoms with van der Waals surface area (Å²) >= 11 is 0. The van der Waals surface area contributed by atoms with Crippen LogP contribution in [-0.4, -0.2) is 24.0 Å². The fourth-order valence-electron chi connectivity index (χ4n) is 4.00. The van der Waals surface area contributed by atoms with Crippen LogP contribution < -0.4 is 16.6 Å². The predicted molar refractivity (Wildman–Crippen MR) is 167 cm³/mol. The number of nitrogen functional groups attached to an aromatic ring is 2. The Morgan fingerprint density at radius 1 is 0.587 bits per heavy atom. The molecule has 0 bridgehead atoms. The molecule has 0 saturated carbocycles. The van der Waals surface area contributed by atoms with Crippen LogP contribution >= 0.6 is 0 Å². The minimum Gasteiger partial charge on any atom is -0.744 e. The van der Waals surface area contributed by atoms with Crippen LogP contribution in [0.25, 0.3) is 11.1 Å². The van der Waals surface area contributed by atoms with Gasteiger partial charge in [0.15, 0.2) is 0 Å². The third kappa shape index (κ3) is 7.60. The highest BCUT2D eigenvalue weighted by molar-refractivity contribution is 7.85. The Morgan fingerprint density at radius 3 is 1.43 bits per heavy atom. The minimum atomic E-state index is -4.57. The minimum absolute atomic E-state index is 0.238. The van der Waals surface area contributed by atoms with E-state index in [2.05, 4.69) is 30.7 Å². The zero-order valence-electron chi connectivity index (χ0n) is 23.5. The lowest BCUT2D eigenvalue weighted by Gasteiger charge is -2.06. The second-order valence-electron chi connectivity index (χ2n) is 9.60. The van der Waals surface area contributed by atoms with Crippen LogP contribution in [0.1, 0.15) is 10.4 Å². The van der Waals surface area contributed by atoms with Gasteiger partial charge in [-0.05, 0) is 83.9 Å². The monoisotopic (exact) mass is 634 g/mol. The van der Waals surface area contributed by atoms with Crippen LogP contribution in [0.4, 0.5) is 45.5 Å². The largest absolute Gasteiger partial charge is 0.744 e. The highest BCUT2D eigenvalue weighted by Gasteiger charge is 2.07. The molecule has 0 aromatic heterocycles. The maximum atomic E-state index is 11.1. The molecule has 0 radical (unpaired) electrons. The lowest BCUT2D eigenvalue weighted by molar-refractivity contribution is -0.255. The second kappa shape index (κ2) is 13.1. The molecule has 5 aromatic rings. The first-order valence-corrected chi connectivity index (χ1v) is 14.6. The van der Waals surface area contributed by atoms with Crippen LogP contribution in [0.3, 0.4) is 0 Å². The van der Waals surface area contributed by atoms with Gasteiger partial charge < -0.3 is 31.0 Å². The van der Waals surface area contributed by atoms with Gasteiger partial charge in [-0.15, -0.1) is 10.2 Å². The SMILES string of the molecule is Nc1cc(N)c(N=Nc2ccc(S(=O)(=O)[O-])cc2)cc1N=Nc1ccc(-c2ccc(N=Nc3ccc(C(=O)[O-])c(O)c3)cc2)cc1. The summed E-state index contributed by atoms with van der Waals surface area (Å²) < 4.78 is 33.3. The normalized spacial score (nSPS) is 11.9. The summed E-state index contributed by atoms with van der Waals surface area (Å²) in [5.41, 5.74) is 16.3. The number of azo groups is 3. The van der Waals surface area contributed by atoms with Crippen molar-refractivity contribution in [1.82, 2.24) is 0 Å². The zero-order valence-corrected chi connectivity index (χ0v) is 24.4. The van der Waals surface area contributed by atoms with Crippen LogP contribution in [0.2, 0.25) is 0 Å². The number of nitrogens with two attached hydrogens (primary N) is 2. The number of anilines is 2. The number of phenols is 1. The Kier molecular flexibility index (Phi) is 8.88. The number of benzene rings is 5. The van der Waals surface area contributed by atoms with Gasteiger partial charge in [-0.1, -0.05) is 24.3 Å². The number of aromatic carboxylic acids is 1. The van der Waals surface area contributed by atoms with Gasteiger partial charge in [0.1, 0.15) is 27.2 Å². The quantitative estimate of drug-likeness (QED) is 0.0888. The number of aromatic hydroxyl groups is 1. The molecule has 0 saturated heterocycles. The molecule has 46 heavy (non-hydrogen) atoms. The standard InChI is InChI=1S/C31H24N8O6S/c32-26-16-27(33)29(39-36-22-9-12-24(13-10-22)46(43,44)45)17-28(26)38-35-21-7-3-19(4-8-21)18-1-5-20(6-2-18)34-37-23-11-14-25(31(41)42)30(40)15-23/h1-17,40H,32-33H2,(H,41,42)(H,43,44,45)/p-2. The van der Waals surface area contributed by atoms with Crippen molar-refractivity contribution in [2.24, 2.45) is 30.7 Å². The van der Waals surface area contributed by atoms with E-state index in [4.69, 9.17) is 11.5 Å². The number of carbonyl (C=O) groups excluding carboxylic acids is 1. The van der Waals surface area contributed by atoms with E-state index in [0.29, 0.717) is 22.7 Å². The Bertz CT molecular complexity index is 2120. The zero-order chi connectivity index (χ0) is 32.8. The fourth-order valence-corrected chi connectivity index (χ4v) is 4.47. The van der Waals surface area contributed by atoms with E-state index in [1.807, 2.05) is 24.3 Å². The molecule has 0 amide bonds. The molecule has 0 atom stereocenters. The highest BCUT2D eigenvalue weighted by atomic mass is 32.2. The molecule has 14 nitrogen and oxygen atoms in total. The van der Waals surface area contributed by atoms with Gasteiger partial charge in [0.2, 0.25) is 0 Å². The predicted octanol–water partition coefficient (Wildman–Crippen LogP) is 6.74. The number of hydrogen-bond donors (Lipinski definition) is 3. The maximum absolute atomic E-state index is 11.1. The van der Waals surface area contributed by atoms with Crippen molar-refractivity contribution in [2.45, 2.75) is 4.90 Å².